The van der Waals surface area contributed by atoms with Gasteiger partial charge < -0.3 is 23.3 Å². The number of fused-ring (bicyclic) bond motifs is 1. The Morgan fingerprint density at radius 3 is 2.34 bits per heavy atom. The molecule has 10 heteroatoms. The Morgan fingerprint density at radius 2 is 1.66 bits per heavy atom. The number of nitrogens with zero attached hydrogens (tertiary/aromatic N) is 5. The highest BCUT2D eigenvalue weighted by Crippen LogP contribution is 2.28. The van der Waals surface area contributed by atoms with Gasteiger partial charge in [0, 0.05) is 29.6 Å². The van der Waals surface area contributed by atoms with Crippen LogP contribution in [0.4, 0.5) is 0 Å². The Hall–Kier alpha value is -4.60. The highest BCUT2D eigenvalue weighted by Gasteiger charge is 2.14. The predicted octanol–water partition coefficient (Wildman–Crippen LogP) is 3.68. The molecule has 0 atom stereocenters. The topological polar surface area (TPSA) is 106 Å². The van der Waals surface area contributed by atoms with Gasteiger partial charge in [0.05, 0.1) is 26.5 Å². The Balaban J connectivity index is 1.41. The van der Waals surface area contributed by atoms with Crippen LogP contribution in [0.3, 0.4) is 0 Å². The van der Waals surface area contributed by atoms with Crippen LogP contribution in [0, 0.1) is 0 Å². The van der Waals surface area contributed by atoms with E-state index in [1.54, 1.807) is 55.4 Å². The van der Waals surface area contributed by atoms with Crippen LogP contribution in [0.15, 0.2) is 70.2 Å². The minimum Gasteiger partial charge on any atom is -0.497 e. The Labute approximate surface area is 200 Å². The third-order valence-electron chi connectivity index (χ3n) is 5.45. The number of benzene rings is 2. The molecule has 178 valence electrons. The molecule has 0 saturated carbocycles. The standard InChI is InChI=1S/C25H23N5O5/c1-4-34-18-7-5-16(6-8-18)21-14-22-25(31)29(9-10-30(22)27-21)15-23-26-24(28-35-23)17-11-19(32-2)13-20(12-17)33-3/h5-14H,4,15H2,1-3H3. The summed E-state index contributed by atoms with van der Waals surface area (Å²) < 4.78 is 24.6. The molecule has 0 unspecified atom stereocenters. The maximum absolute atomic E-state index is 13.1. The van der Waals surface area contributed by atoms with Gasteiger partial charge in [-0.15, -0.1) is 0 Å². The first-order valence-corrected chi connectivity index (χ1v) is 11.0. The Kier molecular flexibility index (Phi) is 5.92. The minimum absolute atomic E-state index is 0.118. The van der Waals surface area contributed by atoms with Crippen LogP contribution < -0.4 is 19.8 Å². The van der Waals surface area contributed by atoms with Crippen molar-refractivity contribution in [1.29, 1.82) is 0 Å². The average molecular weight is 473 g/mol. The summed E-state index contributed by atoms with van der Waals surface area (Å²) in [5, 5.41) is 8.58. The van der Waals surface area contributed by atoms with E-state index < -0.39 is 0 Å². The zero-order chi connectivity index (χ0) is 24.4. The molecule has 0 N–H and O–H groups in total. The molecule has 0 saturated heterocycles. The summed E-state index contributed by atoms with van der Waals surface area (Å²) in [5.74, 6) is 2.66. The first kappa shape index (κ1) is 22.2. The lowest BCUT2D eigenvalue weighted by Gasteiger charge is -2.05. The van der Waals surface area contributed by atoms with Crippen LogP contribution in [-0.4, -0.2) is 45.1 Å². The van der Waals surface area contributed by atoms with E-state index in [0.29, 0.717) is 46.6 Å². The third-order valence-corrected chi connectivity index (χ3v) is 5.45. The van der Waals surface area contributed by atoms with Crippen molar-refractivity contribution in [3.63, 3.8) is 0 Å². The zero-order valence-corrected chi connectivity index (χ0v) is 19.5. The normalized spacial score (nSPS) is 11.1. The van der Waals surface area contributed by atoms with Gasteiger partial charge in [0.2, 0.25) is 11.7 Å². The van der Waals surface area contributed by atoms with Crippen molar-refractivity contribution in [2.75, 3.05) is 20.8 Å². The van der Waals surface area contributed by atoms with Gasteiger partial charge in [0.25, 0.3) is 5.56 Å². The summed E-state index contributed by atoms with van der Waals surface area (Å²) >= 11 is 0. The van der Waals surface area contributed by atoms with Crippen LogP contribution in [0.1, 0.15) is 12.8 Å². The molecular weight excluding hydrogens is 450 g/mol. The van der Waals surface area contributed by atoms with E-state index in [0.717, 1.165) is 11.3 Å². The van der Waals surface area contributed by atoms with Crippen molar-refractivity contribution >= 4 is 5.52 Å². The number of ether oxygens (including phenoxy) is 3. The fourth-order valence-electron chi connectivity index (χ4n) is 3.70. The van der Waals surface area contributed by atoms with Gasteiger partial charge in [-0.2, -0.15) is 10.1 Å². The molecular formula is C25H23N5O5. The number of aromatic nitrogens is 5. The largest absolute Gasteiger partial charge is 0.497 e. The smallest absolute Gasteiger partial charge is 0.277 e. The number of rotatable bonds is 8. The lowest BCUT2D eigenvalue weighted by molar-refractivity contribution is 0.340. The zero-order valence-electron chi connectivity index (χ0n) is 19.5. The first-order valence-electron chi connectivity index (χ1n) is 11.0. The molecule has 0 aliphatic carbocycles. The Morgan fingerprint density at radius 1 is 0.914 bits per heavy atom. The van der Waals surface area contributed by atoms with Crippen molar-refractivity contribution < 1.29 is 18.7 Å². The maximum atomic E-state index is 13.1. The van der Waals surface area contributed by atoms with Crippen molar-refractivity contribution in [1.82, 2.24) is 24.3 Å². The van der Waals surface area contributed by atoms with Crippen LogP contribution in [0.5, 0.6) is 17.2 Å². The van der Waals surface area contributed by atoms with Gasteiger partial charge in [-0.05, 0) is 49.4 Å². The molecule has 5 rings (SSSR count). The molecule has 0 bridgehead atoms. The van der Waals surface area contributed by atoms with Gasteiger partial charge in [0.15, 0.2) is 0 Å². The lowest BCUT2D eigenvalue weighted by Crippen LogP contribution is -2.21. The molecule has 0 aliphatic rings. The average Bonchev–Trinajstić information content (AvgIpc) is 3.54. The number of methoxy groups -OCH3 is 2. The molecule has 0 aliphatic heterocycles. The van der Waals surface area contributed by atoms with E-state index in [4.69, 9.17) is 18.7 Å². The van der Waals surface area contributed by atoms with Crippen LogP contribution in [0.2, 0.25) is 0 Å². The van der Waals surface area contributed by atoms with E-state index in [-0.39, 0.29) is 12.1 Å². The van der Waals surface area contributed by atoms with Gasteiger partial charge in [0.1, 0.15) is 29.3 Å². The predicted molar refractivity (Wildman–Crippen MR) is 128 cm³/mol. The minimum atomic E-state index is -0.222. The fourth-order valence-corrected chi connectivity index (χ4v) is 3.70. The van der Waals surface area contributed by atoms with Crippen molar-refractivity contribution in [2.45, 2.75) is 13.5 Å². The molecule has 0 amide bonds. The van der Waals surface area contributed by atoms with Gasteiger partial charge in [-0.25, -0.2) is 4.52 Å². The summed E-state index contributed by atoms with van der Waals surface area (Å²) in [4.78, 5) is 17.6. The molecule has 0 radical (unpaired) electrons. The highest BCUT2D eigenvalue weighted by atomic mass is 16.5. The summed E-state index contributed by atoms with van der Waals surface area (Å²) in [6.45, 7) is 2.65. The SMILES string of the molecule is CCOc1ccc(-c2cc3c(=O)n(Cc4nc(-c5cc(OC)cc(OC)c5)no4)ccn3n2)cc1. The number of hydrogen-bond acceptors (Lipinski definition) is 8. The molecule has 10 nitrogen and oxygen atoms in total. The second-order valence-electron chi connectivity index (χ2n) is 7.66. The molecule has 35 heavy (non-hydrogen) atoms. The highest BCUT2D eigenvalue weighted by molar-refractivity contribution is 5.66. The van der Waals surface area contributed by atoms with E-state index in [9.17, 15) is 4.79 Å². The second-order valence-corrected chi connectivity index (χ2v) is 7.66. The van der Waals surface area contributed by atoms with Crippen LogP contribution >= 0.6 is 0 Å². The van der Waals surface area contributed by atoms with Crippen LogP contribution in [0.25, 0.3) is 28.2 Å². The summed E-state index contributed by atoms with van der Waals surface area (Å²) in [6, 6.07) is 14.7. The van der Waals surface area contributed by atoms with Crippen molar-refractivity contribution in [2.24, 2.45) is 0 Å². The van der Waals surface area contributed by atoms with Gasteiger partial charge in [-0.1, -0.05) is 5.16 Å². The van der Waals surface area contributed by atoms with E-state index in [1.165, 1.54) is 4.57 Å². The molecule has 3 aromatic heterocycles. The van der Waals surface area contributed by atoms with Crippen LogP contribution in [-0.2, 0) is 6.54 Å². The fraction of sp³-hybridized carbons (Fsp3) is 0.200. The molecule has 5 aromatic rings. The molecule has 3 heterocycles. The Bertz CT molecular complexity index is 1510. The molecule has 2 aromatic carbocycles. The van der Waals surface area contributed by atoms with E-state index in [2.05, 4.69) is 15.2 Å². The van der Waals surface area contributed by atoms with Crippen molar-refractivity contribution in [3.8, 4) is 39.9 Å². The van der Waals surface area contributed by atoms with Gasteiger partial charge in [-0.3, -0.25) is 4.79 Å². The quantitative estimate of drug-likeness (QED) is 0.336. The lowest BCUT2D eigenvalue weighted by atomic mass is 10.1. The summed E-state index contributed by atoms with van der Waals surface area (Å²) in [7, 11) is 3.14. The maximum Gasteiger partial charge on any atom is 0.277 e. The van der Waals surface area contributed by atoms with E-state index >= 15 is 0 Å². The monoisotopic (exact) mass is 473 g/mol. The third kappa shape index (κ3) is 4.45. The number of hydrogen-bond donors (Lipinski definition) is 0. The van der Waals surface area contributed by atoms with E-state index in [1.807, 2.05) is 31.2 Å². The summed E-state index contributed by atoms with van der Waals surface area (Å²) in [6.07, 6.45) is 3.36. The first-order chi connectivity index (χ1) is 17.1. The van der Waals surface area contributed by atoms with Crippen molar-refractivity contribution in [3.05, 3.63) is 77.2 Å². The van der Waals surface area contributed by atoms with Gasteiger partial charge >= 0.3 is 0 Å². The molecule has 0 fully saturated rings. The second kappa shape index (κ2) is 9.34. The summed E-state index contributed by atoms with van der Waals surface area (Å²) in [5.41, 5.74) is 2.47. The molecule has 0 spiro atoms.